The first kappa shape index (κ1) is 21.3. The summed E-state index contributed by atoms with van der Waals surface area (Å²) in [6, 6.07) is 9.31. The Hall–Kier alpha value is -3.40. The fourth-order valence-electron chi connectivity index (χ4n) is 2.51. The molecule has 0 unspecified atom stereocenters. The second kappa shape index (κ2) is 8.95. The quantitative estimate of drug-likeness (QED) is 0.592. The molecular formula is C19H14ClF3N4O3. The molecule has 0 radical (unpaired) electrons. The number of esters is 1. The highest BCUT2D eigenvalue weighted by Crippen LogP contribution is 2.36. The summed E-state index contributed by atoms with van der Waals surface area (Å²) in [5, 5.41) is 5.92. The molecule has 1 N–H and O–H groups in total. The fourth-order valence-corrected chi connectivity index (χ4v) is 2.68. The molecule has 0 fully saturated rings. The lowest BCUT2D eigenvalue weighted by atomic mass is 10.1. The fraction of sp³-hybridized carbons (Fsp3) is 0.158. The number of alkyl halides is 3. The standard InChI is InChI=1S/C19H14ClF3N4O3/c20-14-5-6-16(15(7-14)19(21,22)23)26-17(28)9-30-18(29)13-3-1-12(2-4-13)8-27-11-24-10-25-27/h1-7,10-11H,8-9H2,(H,26,28). The first-order valence-corrected chi connectivity index (χ1v) is 8.85. The van der Waals surface area contributed by atoms with Crippen LogP contribution in [0.5, 0.6) is 0 Å². The van der Waals surface area contributed by atoms with E-state index in [1.165, 1.54) is 24.5 Å². The SMILES string of the molecule is O=C(COC(=O)c1ccc(Cn2cncn2)cc1)Nc1ccc(Cl)cc1C(F)(F)F. The summed E-state index contributed by atoms with van der Waals surface area (Å²) < 4.78 is 45.7. The monoisotopic (exact) mass is 438 g/mol. The van der Waals surface area contributed by atoms with Crippen LogP contribution in [0, 0.1) is 0 Å². The van der Waals surface area contributed by atoms with Crippen molar-refractivity contribution in [2.45, 2.75) is 12.7 Å². The van der Waals surface area contributed by atoms with Crippen LogP contribution in [0.15, 0.2) is 55.1 Å². The number of hydrogen-bond acceptors (Lipinski definition) is 5. The van der Waals surface area contributed by atoms with E-state index in [-0.39, 0.29) is 10.6 Å². The molecule has 1 amide bonds. The molecule has 30 heavy (non-hydrogen) atoms. The van der Waals surface area contributed by atoms with Crippen LogP contribution in [0.1, 0.15) is 21.5 Å². The molecule has 0 bridgehead atoms. The van der Waals surface area contributed by atoms with Gasteiger partial charge in [-0.05, 0) is 35.9 Å². The van der Waals surface area contributed by atoms with E-state index in [0.717, 1.165) is 11.6 Å². The van der Waals surface area contributed by atoms with Crippen molar-refractivity contribution >= 4 is 29.2 Å². The highest BCUT2D eigenvalue weighted by atomic mass is 35.5. The Morgan fingerprint density at radius 2 is 1.87 bits per heavy atom. The number of carbonyl (C=O) groups is 2. The van der Waals surface area contributed by atoms with E-state index in [4.69, 9.17) is 16.3 Å². The van der Waals surface area contributed by atoms with Crippen LogP contribution in [0.3, 0.4) is 0 Å². The topological polar surface area (TPSA) is 86.1 Å². The predicted molar refractivity (Wildman–Crippen MR) is 101 cm³/mol. The van der Waals surface area contributed by atoms with Gasteiger partial charge < -0.3 is 10.1 Å². The zero-order valence-corrected chi connectivity index (χ0v) is 15.9. The zero-order chi connectivity index (χ0) is 21.7. The van der Waals surface area contributed by atoms with Crippen LogP contribution in [-0.4, -0.2) is 33.2 Å². The van der Waals surface area contributed by atoms with Crippen molar-refractivity contribution in [1.29, 1.82) is 0 Å². The summed E-state index contributed by atoms with van der Waals surface area (Å²) in [4.78, 5) is 27.8. The molecule has 156 valence electrons. The Morgan fingerprint density at radius 1 is 1.13 bits per heavy atom. The summed E-state index contributed by atoms with van der Waals surface area (Å²) in [7, 11) is 0. The maximum atomic E-state index is 13.1. The van der Waals surface area contributed by atoms with Crippen LogP contribution >= 0.6 is 11.6 Å². The number of halogens is 4. The molecule has 0 aliphatic rings. The summed E-state index contributed by atoms with van der Waals surface area (Å²) in [5.74, 6) is -1.71. The number of nitrogens with zero attached hydrogens (tertiary/aromatic N) is 3. The van der Waals surface area contributed by atoms with Crippen molar-refractivity contribution < 1.29 is 27.5 Å². The third-order valence-electron chi connectivity index (χ3n) is 3.90. The number of ether oxygens (including phenoxy) is 1. The minimum absolute atomic E-state index is 0.126. The second-order valence-electron chi connectivity index (χ2n) is 6.10. The van der Waals surface area contributed by atoms with E-state index in [0.29, 0.717) is 12.6 Å². The van der Waals surface area contributed by atoms with E-state index < -0.39 is 35.9 Å². The molecule has 0 aliphatic carbocycles. The van der Waals surface area contributed by atoms with Crippen molar-refractivity contribution in [2.75, 3.05) is 11.9 Å². The van der Waals surface area contributed by atoms with Crippen molar-refractivity contribution in [3.8, 4) is 0 Å². The molecule has 11 heteroatoms. The first-order valence-electron chi connectivity index (χ1n) is 8.47. The highest BCUT2D eigenvalue weighted by Gasteiger charge is 2.34. The number of rotatable bonds is 6. The lowest BCUT2D eigenvalue weighted by Crippen LogP contribution is -2.22. The molecule has 3 aromatic rings. The van der Waals surface area contributed by atoms with Gasteiger partial charge in [-0.2, -0.15) is 18.3 Å². The number of aromatic nitrogens is 3. The molecule has 0 saturated heterocycles. The van der Waals surface area contributed by atoms with Gasteiger partial charge in [0.15, 0.2) is 6.61 Å². The van der Waals surface area contributed by atoms with Gasteiger partial charge in [-0.3, -0.25) is 4.79 Å². The smallest absolute Gasteiger partial charge is 0.418 e. The van der Waals surface area contributed by atoms with Gasteiger partial charge in [0.1, 0.15) is 12.7 Å². The van der Waals surface area contributed by atoms with Gasteiger partial charge >= 0.3 is 12.1 Å². The number of hydrogen-bond donors (Lipinski definition) is 1. The molecule has 3 rings (SSSR count). The third kappa shape index (κ3) is 5.57. The van der Waals surface area contributed by atoms with Crippen LogP contribution in [0.4, 0.5) is 18.9 Å². The lowest BCUT2D eigenvalue weighted by molar-refractivity contribution is -0.137. The number of nitrogens with one attached hydrogen (secondary N) is 1. The minimum atomic E-state index is -4.71. The number of benzene rings is 2. The maximum Gasteiger partial charge on any atom is 0.418 e. The van der Waals surface area contributed by atoms with E-state index >= 15 is 0 Å². The normalized spacial score (nSPS) is 11.2. The molecule has 0 aliphatic heterocycles. The Bertz CT molecular complexity index is 1040. The van der Waals surface area contributed by atoms with Crippen LogP contribution in [0.25, 0.3) is 0 Å². The molecule has 0 spiro atoms. The Kier molecular flexibility index (Phi) is 6.36. The second-order valence-corrected chi connectivity index (χ2v) is 6.54. The van der Waals surface area contributed by atoms with Crippen LogP contribution < -0.4 is 5.32 Å². The van der Waals surface area contributed by atoms with E-state index in [1.54, 1.807) is 23.1 Å². The Morgan fingerprint density at radius 3 is 2.50 bits per heavy atom. The third-order valence-corrected chi connectivity index (χ3v) is 4.13. The first-order chi connectivity index (χ1) is 14.2. The summed E-state index contributed by atoms with van der Waals surface area (Å²) in [5.41, 5.74) is -0.534. The summed E-state index contributed by atoms with van der Waals surface area (Å²) in [6.45, 7) is -0.292. The minimum Gasteiger partial charge on any atom is -0.452 e. The number of anilines is 1. The van der Waals surface area contributed by atoms with Gasteiger partial charge in [-0.1, -0.05) is 23.7 Å². The van der Waals surface area contributed by atoms with Gasteiger partial charge in [0, 0.05) is 5.02 Å². The number of carbonyl (C=O) groups excluding carboxylic acids is 2. The molecule has 1 heterocycles. The molecular weight excluding hydrogens is 425 g/mol. The van der Waals surface area contributed by atoms with Crippen LogP contribution in [-0.2, 0) is 22.3 Å². The van der Waals surface area contributed by atoms with E-state index in [9.17, 15) is 22.8 Å². The summed E-state index contributed by atoms with van der Waals surface area (Å²) >= 11 is 5.59. The predicted octanol–water partition coefficient (Wildman–Crippen LogP) is 3.79. The van der Waals surface area contributed by atoms with Gasteiger partial charge in [0.2, 0.25) is 0 Å². The van der Waals surface area contributed by atoms with Gasteiger partial charge in [0.05, 0.1) is 23.4 Å². The van der Waals surface area contributed by atoms with Crippen molar-refractivity contribution in [3.63, 3.8) is 0 Å². The van der Waals surface area contributed by atoms with Gasteiger partial charge in [-0.25, -0.2) is 14.5 Å². The summed E-state index contributed by atoms with van der Waals surface area (Å²) in [6.07, 6.45) is -1.76. The maximum absolute atomic E-state index is 13.1. The lowest BCUT2D eigenvalue weighted by Gasteiger charge is -2.14. The largest absolute Gasteiger partial charge is 0.452 e. The van der Waals surface area contributed by atoms with Gasteiger partial charge in [-0.15, -0.1) is 0 Å². The molecule has 0 saturated carbocycles. The average Bonchev–Trinajstić information content (AvgIpc) is 3.20. The van der Waals surface area contributed by atoms with Gasteiger partial charge in [0.25, 0.3) is 5.91 Å². The Balaban J connectivity index is 1.57. The average molecular weight is 439 g/mol. The van der Waals surface area contributed by atoms with Crippen molar-refractivity contribution in [2.24, 2.45) is 0 Å². The van der Waals surface area contributed by atoms with E-state index in [1.807, 2.05) is 0 Å². The van der Waals surface area contributed by atoms with Crippen molar-refractivity contribution in [3.05, 3.63) is 76.8 Å². The Labute approximate surface area is 173 Å². The van der Waals surface area contributed by atoms with Crippen LogP contribution in [0.2, 0.25) is 5.02 Å². The highest BCUT2D eigenvalue weighted by molar-refractivity contribution is 6.30. The van der Waals surface area contributed by atoms with Crippen molar-refractivity contribution in [1.82, 2.24) is 14.8 Å². The van der Waals surface area contributed by atoms with E-state index in [2.05, 4.69) is 15.4 Å². The molecule has 7 nitrogen and oxygen atoms in total. The molecule has 2 aromatic carbocycles. The number of amides is 1. The zero-order valence-electron chi connectivity index (χ0n) is 15.2. The molecule has 0 atom stereocenters. The molecule has 1 aromatic heterocycles.